The molecule has 1 amide bonds. The monoisotopic (exact) mass is 299 g/mol. The molecule has 0 saturated carbocycles. The minimum Gasteiger partial charge on any atom is -0.337 e. The molecule has 0 aliphatic rings. The van der Waals surface area contributed by atoms with Gasteiger partial charge in [0.15, 0.2) is 0 Å². The molecule has 0 saturated heterocycles. The molecule has 2 rings (SSSR count). The lowest BCUT2D eigenvalue weighted by Crippen LogP contribution is -2.26. The van der Waals surface area contributed by atoms with Crippen LogP contribution in [0.15, 0.2) is 18.2 Å². The fraction of sp³-hybridized carbons (Fsp3) is 0.444. The lowest BCUT2D eigenvalue weighted by Gasteiger charge is -2.18. The second kappa shape index (κ2) is 6.34. The van der Waals surface area contributed by atoms with Crippen molar-refractivity contribution in [2.75, 3.05) is 7.05 Å². The van der Waals surface area contributed by atoms with E-state index in [9.17, 15) is 4.79 Å². The number of hydrogen-bond acceptors (Lipinski definition) is 2. The minimum atomic E-state index is 0.0474. The van der Waals surface area contributed by atoms with Crippen molar-refractivity contribution in [2.45, 2.75) is 47.7 Å². The van der Waals surface area contributed by atoms with Crippen molar-refractivity contribution in [3.8, 4) is 0 Å². The van der Waals surface area contributed by atoms with Crippen molar-refractivity contribution in [2.24, 2.45) is 0 Å². The summed E-state index contributed by atoms with van der Waals surface area (Å²) in [6, 6.07) is 5.86. The van der Waals surface area contributed by atoms with Crippen LogP contribution in [0.2, 0.25) is 0 Å². The molecule has 0 bridgehead atoms. The summed E-state index contributed by atoms with van der Waals surface area (Å²) in [6.07, 6.45) is 0. The highest BCUT2D eigenvalue weighted by Gasteiger charge is 2.17. The quantitative estimate of drug-likeness (QED) is 0.867. The van der Waals surface area contributed by atoms with E-state index >= 15 is 0 Å². The number of aryl methyl sites for hydroxylation is 4. The number of amides is 1. The van der Waals surface area contributed by atoms with Gasteiger partial charge >= 0.3 is 0 Å². The van der Waals surface area contributed by atoms with Crippen molar-refractivity contribution in [3.05, 3.63) is 51.8 Å². The molecular formula is C18H25N3O. The number of hydrogen-bond donors (Lipinski definition) is 0. The van der Waals surface area contributed by atoms with Gasteiger partial charge < -0.3 is 4.90 Å². The molecule has 2 aromatic rings. The Morgan fingerprint density at radius 1 is 1.18 bits per heavy atom. The SMILES string of the molecule is CCn1nc(C)c(CN(C)C(=O)c2ccc(C)c(C)c2)c1C. The molecule has 22 heavy (non-hydrogen) atoms. The van der Waals surface area contributed by atoms with Crippen LogP contribution in [0, 0.1) is 27.7 Å². The average molecular weight is 299 g/mol. The lowest BCUT2D eigenvalue weighted by atomic mass is 10.1. The fourth-order valence-corrected chi connectivity index (χ4v) is 2.67. The second-order valence-corrected chi connectivity index (χ2v) is 5.93. The summed E-state index contributed by atoms with van der Waals surface area (Å²) in [7, 11) is 1.85. The molecule has 4 heteroatoms. The van der Waals surface area contributed by atoms with E-state index in [1.54, 1.807) is 4.90 Å². The van der Waals surface area contributed by atoms with Crippen LogP contribution in [0.5, 0.6) is 0 Å². The van der Waals surface area contributed by atoms with Crippen molar-refractivity contribution < 1.29 is 4.79 Å². The summed E-state index contributed by atoms with van der Waals surface area (Å²) in [5, 5.41) is 4.52. The predicted octanol–water partition coefficient (Wildman–Crippen LogP) is 3.41. The smallest absolute Gasteiger partial charge is 0.253 e. The second-order valence-electron chi connectivity index (χ2n) is 5.93. The molecule has 1 heterocycles. The number of aromatic nitrogens is 2. The van der Waals surface area contributed by atoms with E-state index < -0.39 is 0 Å². The summed E-state index contributed by atoms with van der Waals surface area (Å²) < 4.78 is 1.99. The van der Waals surface area contributed by atoms with Gasteiger partial charge in [-0.2, -0.15) is 5.10 Å². The van der Waals surface area contributed by atoms with Crippen molar-refractivity contribution >= 4 is 5.91 Å². The zero-order chi connectivity index (χ0) is 16.4. The van der Waals surface area contributed by atoms with Crippen molar-refractivity contribution in [3.63, 3.8) is 0 Å². The molecule has 1 aromatic heterocycles. The number of rotatable bonds is 4. The van der Waals surface area contributed by atoms with Crippen molar-refractivity contribution in [1.82, 2.24) is 14.7 Å². The standard InChI is InChI=1S/C18H25N3O/c1-7-21-15(5)17(14(4)19-21)11-20(6)18(22)16-9-8-12(2)13(3)10-16/h8-10H,7,11H2,1-6H3. The zero-order valence-electron chi connectivity index (χ0n) is 14.4. The Balaban J connectivity index is 2.21. The molecule has 0 atom stereocenters. The Labute approximate surface area is 132 Å². The zero-order valence-corrected chi connectivity index (χ0v) is 14.4. The van der Waals surface area contributed by atoms with Gasteiger partial charge in [-0.05, 0) is 57.9 Å². The van der Waals surface area contributed by atoms with E-state index in [-0.39, 0.29) is 5.91 Å². The van der Waals surface area contributed by atoms with E-state index in [0.29, 0.717) is 6.54 Å². The van der Waals surface area contributed by atoms with Crippen molar-refractivity contribution in [1.29, 1.82) is 0 Å². The van der Waals surface area contributed by atoms with E-state index in [4.69, 9.17) is 0 Å². The van der Waals surface area contributed by atoms with Gasteiger partial charge in [0.2, 0.25) is 0 Å². The third-order valence-electron chi connectivity index (χ3n) is 4.33. The Bertz CT molecular complexity index is 701. The fourth-order valence-electron chi connectivity index (χ4n) is 2.67. The molecule has 0 unspecified atom stereocenters. The van der Waals surface area contributed by atoms with Gasteiger partial charge in [0.1, 0.15) is 0 Å². The number of benzene rings is 1. The Hall–Kier alpha value is -2.10. The first-order chi connectivity index (χ1) is 10.3. The molecule has 0 aliphatic carbocycles. The van der Waals surface area contributed by atoms with Crippen LogP contribution in [-0.2, 0) is 13.1 Å². The molecule has 0 N–H and O–H groups in total. The predicted molar refractivity (Wildman–Crippen MR) is 89.1 cm³/mol. The molecule has 0 spiro atoms. The maximum Gasteiger partial charge on any atom is 0.253 e. The Morgan fingerprint density at radius 2 is 1.86 bits per heavy atom. The number of carbonyl (C=O) groups excluding carboxylic acids is 1. The van der Waals surface area contributed by atoms with Crippen LogP contribution >= 0.6 is 0 Å². The van der Waals surface area contributed by atoms with E-state index in [0.717, 1.165) is 34.6 Å². The molecule has 0 radical (unpaired) electrons. The normalized spacial score (nSPS) is 10.8. The third-order valence-corrected chi connectivity index (χ3v) is 4.33. The highest BCUT2D eigenvalue weighted by molar-refractivity contribution is 5.94. The van der Waals surface area contributed by atoms with E-state index in [1.807, 2.05) is 43.8 Å². The number of carbonyl (C=O) groups is 1. The molecular weight excluding hydrogens is 274 g/mol. The van der Waals surface area contributed by atoms with E-state index in [1.165, 1.54) is 5.56 Å². The van der Waals surface area contributed by atoms with Crippen LogP contribution in [0.3, 0.4) is 0 Å². The van der Waals surface area contributed by atoms with Gasteiger partial charge in [-0.15, -0.1) is 0 Å². The van der Waals surface area contributed by atoms with Gasteiger partial charge in [-0.1, -0.05) is 6.07 Å². The molecule has 4 nitrogen and oxygen atoms in total. The van der Waals surface area contributed by atoms with Crippen LogP contribution < -0.4 is 0 Å². The third kappa shape index (κ3) is 3.06. The van der Waals surface area contributed by atoms with Gasteiger partial charge in [0.25, 0.3) is 5.91 Å². The highest BCUT2D eigenvalue weighted by Crippen LogP contribution is 2.17. The minimum absolute atomic E-state index is 0.0474. The lowest BCUT2D eigenvalue weighted by molar-refractivity contribution is 0.0784. The van der Waals surface area contributed by atoms with Crippen LogP contribution in [0.4, 0.5) is 0 Å². The first-order valence-electron chi connectivity index (χ1n) is 7.70. The molecule has 1 aromatic carbocycles. The van der Waals surface area contributed by atoms with Gasteiger partial charge in [-0.3, -0.25) is 9.48 Å². The summed E-state index contributed by atoms with van der Waals surface area (Å²) >= 11 is 0. The molecule has 118 valence electrons. The molecule has 0 aliphatic heterocycles. The first kappa shape index (κ1) is 16.3. The van der Waals surface area contributed by atoms with E-state index in [2.05, 4.69) is 25.9 Å². The van der Waals surface area contributed by atoms with Gasteiger partial charge in [-0.25, -0.2) is 0 Å². The largest absolute Gasteiger partial charge is 0.337 e. The maximum atomic E-state index is 12.6. The van der Waals surface area contributed by atoms with Crippen LogP contribution in [0.25, 0.3) is 0 Å². The molecule has 0 fully saturated rings. The Kier molecular flexibility index (Phi) is 4.69. The van der Waals surface area contributed by atoms with Gasteiger partial charge in [0.05, 0.1) is 5.69 Å². The topological polar surface area (TPSA) is 38.1 Å². The summed E-state index contributed by atoms with van der Waals surface area (Å²) in [5.41, 5.74) is 6.37. The highest BCUT2D eigenvalue weighted by atomic mass is 16.2. The summed E-state index contributed by atoms with van der Waals surface area (Å²) in [5.74, 6) is 0.0474. The summed E-state index contributed by atoms with van der Waals surface area (Å²) in [6.45, 7) is 11.7. The summed E-state index contributed by atoms with van der Waals surface area (Å²) in [4.78, 5) is 14.4. The number of nitrogens with zero attached hydrogens (tertiary/aromatic N) is 3. The van der Waals surface area contributed by atoms with Gasteiger partial charge in [0, 0.05) is 37.0 Å². The maximum absolute atomic E-state index is 12.6. The first-order valence-corrected chi connectivity index (χ1v) is 7.70. The Morgan fingerprint density at radius 3 is 2.41 bits per heavy atom. The van der Waals surface area contributed by atoms with Crippen LogP contribution in [0.1, 0.15) is 45.4 Å². The van der Waals surface area contributed by atoms with Crippen LogP contribution in [-0.4, -0.2) is 27.6 Å². The average Bonchev–Trinajstić information content (AvgIpc) is 2.76.